The first kappa shape index (κ1) is 15.4. The van der Waals surface area contributed by atoms with Crippen LogP contribution >= 0.6 is 11.8 Å². The maximum atomic E-state index is 5.46. The van der Waals surface area contributed by atoms with Crippen LogP contribution in [0.15, 0.2) is 18.3 Å². The molecule has 2 heterocycles. The van der Waals surface area contributed by atoms with E-state index < -0.39 is 0 Å². The number of hydrogen-bond donors (Lipinski definition) is 1. The second-order valence-corrected chi connectivity index (χ2v) is 6.89. The second-order valence-electron chi connectivity index (χ2n) is 5.74. The Morgan fingerprint density at radius 3 is 2.90 bits per heavy atom. The summed E-state index contributed by atoms with van der Waals surface area (Å²) >= 11 is 2.02. The highest BCUT2D eigenvalue weighted by Gasteiger charge is 2.32. The predicted molar refractivity (Wildman–Crippen MR) is 84.7 cm³/mol. The lowest BCUT2D eigenvalue weighted by molar-refractivity contribution is 0.144. The lowest BCUT2D eigenvalue weighted by atomic mass is 9.82. The standard InChI is InChI=1S/C15H24N2O2S/c1-15(2)6-9-20-11-13(15)17-12-4-5-14(16-10-12)19-8-7-18-3/h4-5,10,13,17H,6-9,11H2,1-3H3. The minimum absolute atomic E-state index is 0.332. The molecule has 1 atom stereocenters. The van der Waals surface area contributed by atoms with E-state index in [9.17, 15) is 0 Å². The van der Waals surface area contributed by atoms with Crippen LogP contribution in [0.4, 0.5) is 5.69 Å². The number of rotatable bonds is 6. The van der Waals surface area contributed by atoms with Crippen molar-refractivity contribution >= 4 is 17.4 Å². The number of methoxy groups -OCH3 is 1. The third kappa shape index (κ3) is 4.28. The van der Waals surface area contributed by atoms with E-state index in [0.717, 1.165) is 11.4 Å². The number of anilines is 1. The van der Waals surface area contributed by atoms with Gasteiger partial charge in [0.25, 0.3) is 0 Å². The molecule has 112 valence electrons. The Morgan fingerprint density at radius 1 is 1.40 bits per heavy atom. The summed E-state index contributed by atoms with van der Waals surface area (Å²) in [6.45, 7) is 5.78. The van der Waals surface area contributed by atoms with Crippen molar-refractivity contribution in [2.24, 2.45) is 5.41 Å². The Morgan fingerprint density at radius 2 is 2.25 bits per heavy atom. The van der Waals surface area contributed by atoms with Crippen molar-refractivity contribution in [3.05, 3.63) is 18.3 Å². The van der Waals surface area contributed by atoms with Gasteiger partial charge in [-0.15, -0.1) is 0 Å². The third-order valence-electron chi connectivity index (χ3n) is 3.73. The zero-order valence-corrected chi connectivity index (χ0v) is 13.3. The summed E-state index contributed by atoms with van der Waals surface area (Å²) in [5.41, 5.74) is 1.39. The highest BCUT2D eigenvalue weighted by Crippen LogP contribution is 2.35. The highest BCUT2D eigenvalue weighted by molar-refractivity contribution is 7.99. The highest BCUT2D eigenvalue weighted by atomic mass is 32.2. The van der Waals surface area contributed by atoms with E-state index in [1.807, 2.05) is 30.1 Å². The zero-order valence-electron chi connectivity index (χ0n) is 12.5. The van der Waals surface area contributed by atoms with Crippen molar-refractivity contribution in [3.8, 4) is 5.88 Å². The molecular formula is C15H24N2O2S. The quantitative estimate of drug-likeness (QED) is 0.817. The molecule has 2 rings (SSSR count). The fraction of sp³-hybridized carbons (Fsp3) is 0.667. The molecule has 1 aliphatic rings. The number of hydrogen-bond acceptors (Lipinski definition) is 5. The van der Waals surface area contributed by atoms with Crippen molar-refractivity contribution in [2.45, 2.75) is 26.3 Å². The topological polar surface area (TPSA) is 43.4 Å². The van der Waals surface area contributed by atoms with Crippen molar-refractivity contribution in [1.29, 1.82) is 0 Å². The molecule has 0 saturated carbocycles. The van der Waals surface area contributed by atoms with Gasteiger partial charge in [-0.05, 0) is 23.7 Å². The van der Waals surface area contributed by atoms with E-state index >= 15 is 0 Å². The van der Waals surface area contributed by atoms with Crippen LogP contribution in [0.3, 0.4) is 0 Å². The molecule has 1 unspecified atom stereocenters. The van der Waals surface area contributed by atoms with E-state index in [1.54, 1.807) is 7.11 Å². The minimum Gasteiger partial charge on any atom is -0.475 e. The van der Waals surface area contributed by atoms with Gasteiger partial charge in [-0.3, -0.25) is 0 Å². The summed E-state index contributed by atoms with van der Waals surface area (Å²) in [4.78, 5) is 4.32. The first-order valence-corrected chi connectivity index (χ1v) is 8.19. The number of aromatic nitrogens is 1. The van der Waals surface area contributed by atoms with Crippen LogP contribution in [-0.4, -0.2) is 42.9 Å². The fourth-order valence-corrected chi connectivity index (χ4v) is 3.76. The summed E-state index contributed by atoms with van der Waals surface area (Å²) < 4.78 is 10.4. The normalized spacial score (nSPS) is 21.4. The lowest BCUT2D eigenvalue weighted by Gasteiger charge is -2.39. The van der Waals surface area contributed by atoms with Gasteiger partial charge in [-0.25, -0.2) is 4.98 Å². The smallest absolute Gasteiger partial charge is 0.213 e. The molecule has 0 bridgehead atoms. The Hall–Kier alpha value is -0.940. The van der Waals surface area contributed by atoms with Crippen molar-refractivity contribution in [2.75, 3.05) is 37.1 Å². The first-order valence-electron chi connectivity index (χ1n) is 7.04. The monoisotopic (exact) mass is 296 g/mol. The van der Waals surface area contributed by atoms with Crippen LogP contribution in [-0.2, 0) is 4.74 Å². The molecule has 1 N–H and O–H groups in total. The van der Waals surface area contributed by atoms with Gasteiger partial charge in [0.05, 0.1) is 18.5 Å². The van der Waals surface area contributed by atoms with Gasteiger partial charge in [-0.1, -0.05) is 13.8 Å². The molecule has 0 spiro atoms. The molecule has 0 radical (unpaired) electrons. The van der Waals surface area contributed by atoms with Crippen LogP contribution in [0, 0.1) is 5.41 Å². The molecule has 1 fully saturated rings. The van der Waals surface area contributed by atoms with Crippen LogP contribution in [0.2, 0.25) is 0 Å². The first-order chi connectivity index (χ1) is 9.62. The van der Waals surface area contributed by atoms with Crippen LogP contribution < -0.4 is 10.1 Å². The maximum absolute atomic E-state index is 5.46. The molecule has 1 aliphatic heterocycles. The minimum atomic E-state index is 0.332. The Bertz CT molecular complexity index is 409. The van der Waals surface area contributed by atoms with Crippen molar-refractivity contribution in [3.63, 3.8) is 0 Å². The largest absolute Gasteiger partial charge is 0.475 e. The van der Waals surface area contributed by atoms with E-state index in [0.29, 0.717) is 30.6 Å². The van der Waals surface area contributed by atoms with E-state index in [2.05, 4.69) is 24.1 Å². The average molecular weight is 296 g/mol. The summed E-state index contributed by atoms with van der Waals surface area (Å²) in [6, 6.07) is 4.43. The Labute approximate surface area is 125 Å². The van der Waals surface area contributed by atoms with Gasteiger partial charge >= 0.3 is 0 Å². The molecule has 0 aromatic carbocycles. The summed E-state index contributed by atoms with van der Waals surface area (Å²) in [7, 11) is 1.66. The molecule has 5 heteroatoms. The fourth-order valence-electron chi connectivity index (χ4n) is 2.16. The molecule has 0 aliphatic carbocycles. The van der Waals surface area contributed by atoms with Gasteiger partial charge in [0.15, 0.2) is 0 Å². The number of nitrogens with zero attached hydrogens (tertiary/aromatic N) is 1. The van der Waals surface area contributed by atoms with Gasteiger partial charge in [0.1, 0.15) is 6.61 Å². The van der Waals surface area contributed by atoms with Crippen LogP contribution in [0.5, 0.6) is 5.88 Å². The van der Waals surface area contributed by atoms with Gasteiger partial charge in [0.2, 0.25) is 5.88 Å². The van der Waals surface area contributed by atoms with Gasteiger partial charge in [0, 0.05) is 25.0 Å². The third-order valence-corrected chi connectivity index (χ3v) is 4.80. The summed E-state index contributed by atoms with van der Waals surface area (Å²) in [5.74, 6) is 3.05. The van der Waals surface area contributed by atoms with E-state index in [4.69, 9.17) is 9.47 Å². The second kappa shape index (κ2) is 7.18. The molecule has 1 aromatic heterocycles. The van der Waals surface area contributed by atoms with Crippen molar-refractivity contribution in [1.82, 2.24) is 4.98 Å². The number of ether oxygens (including phenoxy) is 2. The zero-order chi connectivity index (χ0) is 14.4. The van der Waals surface area contributed by atoms with E-state index in [1.165, 1.54) is 12.2 Å². The SMILES string of the molecule is COCCOc1ccc(NC2CSCCC2(C)C)cn1. The van der Waals surface area contributed by atoms with E-state index in [-0.39, 0.29) is 0 Å². The predicted octanol–water partition coefficient (Wildman–Crippen LogP) is 3.05. The molecule has 1 saturated heterocycles. The maximum Gasteiger partial charge on any atom is 0.213 e. The van der Waals surface area contributed by atoms with Crippen LogP contribution in [0.25, 0.3) is 0 Å². The number of thioether (sulfide) groups is 1. The molecule has 1 aromatic rings. The lowest BCUT2D eigenvalue weighted by Crippen LogP contribution is -2.41. The summed E-state index contributed by atoms with van der Waals surface area (Å²) in [5, 5.41) is 3.60. The van der Waals surface area contributed by atoms with Crippen molar-refractivity contribution < 1.29 is 9.47 Å². The number of nitrogens with one attached hydrogen (secondary N) is 1. The molecule has 4 nitrogen and oxygen atoms in total. The summed E-state index contributed by atoms with van der Waals surface area (Å²) in [6.07, 6.45) is 3.10. The average Bonchev–Trinajstić information content (AvgIpc) is 2.43. The Balaban J connectivity index is 1.89. The van der Waals surface area contributed by atoms with Gasteiger partial charge < -0.3 is 14.8 Å². The molecular weight excluding hydrogens is 272 g/mol. The number of pyridine rings is 1. The Kier molecular flexibility index (Phi) is 5.54. The van der Waals surface area contributed by atoms with Gasteiger partial charge in [-0.2, -0.15) is 11.8 Å². The molecule has 0 amide bonds. The molecule has 20 heavy (non-hydrogen) atoms. The van der Waals surface area contributed by atoms with Crippen LogP contribution in [0.1, 0.15) is 20.3 Å².